The van der Waals surface area contributed by atoms with E-state index in [2.05, 4.69) is 23.7 Å². The lowest BCUT2D eigenvalue weighted by molar-refractivity contribution is 0.305. The van der Waals surface area contributed by atoms with Crippen molar-refractivity contribution in [3.8, 4) is 29.8 Å². The number of nitriles is 1. The van der Waals surface area contributed by atoms with Gasteiger partial charge in [-0.3, -0.25) is 0 Å². The predicted molar refractivity (Wildman–Crippen MR) is 42.1 cm³/mol. The minimum absolute atomic E-state index is 0.0959. The highest BCUT2D eigenvalue weighted by molar-refractivity contribution is 5.13. The van der Waals surface area contributed by atoms with Crippen molar-refractivity contribution in [2.24, 2.45) is 0 Å². The fraction of sp³-hybridized carbons (Fsp3) is 0.444. The van der Waals surface area contributed by atoms with Gasteiger partial charge in [0, 0.05) is 6.42 Å². The normalized spacial score (nSPS) is 6.55. The van der Waals surface area contributed by atoms with Crippen molar-refractivity contribution in [1.82, 2.24) is 0 Å². The minimum atomic E-state index is 0.0959. The average molecular weight is 147 g/mol. The summed E-state index contributed by atoms with van der Waals surface area (Å²) in [7, 11) is 0. The number of hydrogen-bond donors (Lipinski definition) is 1. The van der Waals surface area contributed by atoms with Crippen LogP contribution in [0, 0.1) is 35.0 Å². The fourth-order valence-electron chi connectivity index (χ4n) is 0.416. The van der Waals surface area contributed by atoms with E-state index in [4.69, 9.17) is 10.4 Å². The van der Waals surface area contributed by atoms with Crippen molar-refractivity contribution < 1.29 is 5.11 Å². The van der Waals surface area contributed by atoms with Crippen LogP contribution >= 0.6 is 0 Å². The molecule has 2 nitrogen and oxygen atoms in total. The Kier molecular flexibility index (Phi) is 7.46. The van der Waals surface area contributed by atoms with Gasteiger partial charge in [-0.1, -0.05) is 23.7 Å². The first-order valence-electron chi connectivity index (χ1n) is 3.31. The van der Waals surface area contributed by atoms with Crippen LogP contribution in [0.15, 0.2) is 0 Å². The van der Waals surface area contributed by atoms with E-state index in [1.165, 1.54) is 0 Å². The van der Waals surface area contributed by atoms with Gasteiger partial charge in [-0.2, -0.15) is 5.26 Å². The van der Waals surface area contributed by atoms with Crippen LogP contribution in [-0.2, 0) is 0 Å². The minimum Gasteiger partial charge on any atom is -0.395 e. The molecule has 0 fully saturated rings. The molecule has 0 atom stereocenters. The third-order valence-electron chi connectivity index (χ3n) is 0.831. The third kappa shape index (κ3) is 8.57. The molecule has 2 heteroatoms. The molecule has 0 unspecified atom stereocenters. The van der Waals surface area contributed by atoms with Gasteiger partial charge < -0.3 is 5.11 Å². The molecule has 0 aromatic heterocycles. The van der Waals surface area contributed by atoms with E-state index < -0.39 is 0 Å². The van der Waals surface area contributed by atoms with Crippen molar-refractivity contribution in [3.63, 3.8) is 0 Å². The van der Waals surface area contributed by atoms with E-state index in [1.807, 2.05) is 6.07 Å². The van der Waals surface area contributed by atoms with Gasteiger partial charge in [-0.15, -0.1) is 0 Å². The zero-order chi connectivity index (χ0) is 8.36. The van der Waals surface area contributed by atoms with Crippen molar-refractivity contribution in [2.75, 3.05) is 6.61 Å². The van der Waals surface area contributed by atoms with E-state index in [0.717, 1.165) is 0 Å². The average Bonchev–Trinajstić information content (AvgIpc) is 2.03. The first-order valence-corrected chi connectivity index (χ1v) is 3.31. The highest BCUT2D eigenvalue weighted by atomic mass is 16.2. The number of hydrogen-bond acceptors (Lipinski definition) is 2. The van der Waals surface area contributed by atoms with Crippen LogP contribution in [0.1, 0.15) is 19.3 Å². The highest BCUT2D eigenvalue weighted by Crippen LogP contribution is 1.75. The molecule has 0 rings (SSSR count). The number of nitrogens with zero attached hydrogens (tertiary/aromatic N) is 1. The van der Waals surface area contributed by atoms with Crippen molar-refractivity contribution in [1.29, 1.82) is 5.26 Å². The number of aliphatic hydroxyl groups is 1. The van der Waals surface area contributed by atoms with E-state index in [-0.39, 0.29) is 13.0 Å². The van der Waals surface area contributed by atoms with Crippen LogP contribution in [-0.4, -0.2) is 11.7 Å². The Bertz CT molecular complexity index is 241. The Morgan fingerprint density at radius 3 is 2.27 bits per heavy atom. The van der Waals surface area contributed by atoms with Crippen LogP contribution in [0.3, 0.4) is 0 Å². The highest BCUT2D eigenvalue weighted by Gasteiger charge is 1.70. The van der Waals surface area contributed by atoms with Gasteiger partial charge in [0.1, 0.15) is 0 Å². The summed E-state index contributed by atoms with van der Waals surface area (Å²) >= 11 is 0. The summed E-state index contributed by atoms with van der Waals surface area (Å²) in [4.78, 5) is 0. The third-order valence-corrected chi connectivity index (χ3v) is 0.831. The number of aliphatic hydroxyl groups excluding tert-OH is 1. The van der Waals surface area contributed by atoms with Crippen molar-refractivity contribution >= 4 is 0 Å². The monoisotopic (exact) mass is 147 g/mol. The van der Waals surface area contributed by atoms with Gasteiger partial charge in [0.05, 0.1) is 25.5 Å². The number of rotatable bonds is 1. The SMILES string of the molecule is N#CCC#CCC#CCCO. The molecule has 0 aliphatic heterocycles. The van der Waals surface area contributed by atoms with Crippen LogP contribution < -0.4 is 0 Å². The molecule has 0 aromatic carbocycles. The van der Waals surface area contributed by atoms with E-state index in [0.29, 0.717) is 12.8 Å². The standard InChI is InChI=1S/C9H9NO/c10-8-6-4-2-1-3-5-7-9-11/h11H,1,6-7,9H2. The Morgan fingerprint density at radius 1 is 1.00 bits per heavy atom. The summed E-state index contributed by atoms with van der Waals surface area (Å²) in [6, 6.07) is 1.91. The van der Waals surface area contributed by atoms with Gasteiger partial charge in [-0.05, 0) is 0 Å². The molecule has 1 N–H and O–H groups in total. The van der Waals surface area contributed by atoms with Crippen LogP contribution in [0.2, 0.25) is 0 Å². The van der Waals surface area contributed by atoms with Gasteiger partial charge in [0.15, 0.2) is 0 Å². The molecule has 0 aromatic rings. The van der Waals surface area contributed by atoms with Gasteiger partial charge in [0.25, 0.3) is 0 Å². The van der Waals surface area contributed by atoms with E-state index >= 15 is 0 Å². The molecule has 0 spiro atoms. The topological polar surface area (TPSA) is 44.0 Å². The molecule has 0 saturated carbocycles. The summed E-state index contributed by atoms with van der Waals surface area (Å²) in [6.45, 7) is 0.0959. The zero-order valence-electron chi connectivity index (χ0n) is 6.22. The molecule has 0 heterocycles. The Labute approximate surface area is 66.8 Å². The maximum atomic E-state index is 8.33. The van der Waals surface area contributed by atoms with Crippen LogP contribution in [0.25, 0.3) is 0 Å². The molecule has 0 bridgehead atoms. The first-order chi connectivity index (χ1) is 5.41. The van der Waals surface area contributed by atoms with Gasteiger partial charge >= 0.3 is 0 Å². The second-order valence-corrected chi connectivity index (χ2v) is 1.69. The molecule has 0 saturated heterocycles. The molecule has 0 aliphatic carbocycles. The lowest BCUT2D eigenvalue weighted by atomic mass is 10.3. The Morgan fingerprint density at radius 2 is 1.64 bits per heavy atom. The van der Waals surface area contributed by atoms with Crippen molar-refractivity contribution in [3.05, 3.63) is 0 Å². The molecule has 56 valence electrons. The molecule has 0 aliphatic rings. The van der Waals surface area contributed by atoms with Gasteiger partial charge in [0.2, 0.25) is 0 Å². The summed E-state index contributed by atoms with van der Waals surface area (Å²) in [5.41, 5.74) is 0. The lowest BCUT2D eigenvalue weighted by Gasteiger charge is -1.75. The molecule has 11 heavy (non-hydrogen) atoms. The van der Waals surface area contributed by atoms with E-state index in [9.17, 15) is 0 Å². The molecule has 0 amide bonds. The largest absolute Gasteiger partial charge is 0.395 e. The second kappa shape index (κ2) is 8.57. The lowest BCUT2D eigenvalue weighted by Crippen LogP contribution is -1.75. The second-order valence-electron chi connectivity index (χ2n) is 1.69. The Balaban J connectivity index is 3.38. The maximum absolute atomic E-state index is 8.33. The summed E-state index contributed by atoms with van der Waals surface area (Å²) in [5, 5.41) is 16.4. The predicted octanol–water partition coefficient (Wildman–Crippen LogP) is 0.679. The first kappa shape index (κ1) is 9.57. The molecule has 0 radical (unpaired) electrons. The molecular formula is C9H9NO. The zero-order valence-corrected chi connectivity index (χ0v) is 6.22. The van der Waals surface area contributed by atoms with Gasteiger partial charge in [-0.25, -0.2) is 0 Å². The molecular weight excluding hydrogens is 138 g/mol. The Hall–Kier alpha value is -1.43. The van der Waals surface area contributed by atoms with Crippen molar-refractivity contribution in [2.45, 2.75) is 19.3 Å². The summed E-state index contributed by atoms with van der Waals surface area (Å²) in [5.74, 6) is 10.8. The smallest absolute Gasteiger partial charge is 0.0963 e. The maximum Gasteiger partial charge on any atom is 0.0963 e. The summed E-state index contributed by atoms with van der Waals surface area (Å²) in [6.07, 6.45) is 1.25. The summed E-state index contributed by atoms with van der Waals surface area (Å²) < 4.78 is 0. The van der Waals surface area contributed by atoms with Crippen LogP contribution in [0.5, 0.6) is 0 Å². The fourth-order valence-corrected chi connectivity index (χ4v) is 0.416. The quantitative estimate of drug-likeness (QED) is 0.554. The van der Waals surface area contributed by atoms with E-state index in [1.54, 1.807) is 0 Å². The van der Waals surface area contributed by atoms with Crippen LogP contribution in [0.4, 0.5) is 0 Å².